The molecule has 9 heteroatoms. The smallest absolute Gasteiger partial charge is 0.337 e. The number of carbonyl (C=O) groups excluding carboxylic acids is 3. The first-order valence-corrected chi connectivity index (χ1v) is 11.6. The number of hydrogen-bond donors (Lipinski definition) is 1. The molecule has 1 N–H and O–H groups in total. The quantitative estimate of drug-likeness (QED) is 0.370. The number of methoxy groups -OCH3 is 1. The molecular weight excluding hydrogens is 486 g/mol. The largest absolute Gasteiger partial charge is 0.465 e. The molecule has 1 saturated heterocycles. The molecule has 1 heterocycles. The average molecular weight is 508 g/mol. The van der Waals surface area contributed by atoms with E-state index < -0.39 is 12.0 Å². The van der Waals surface area contributed by atoms with Gasteiger partial charge in [-0.3, -0.25) is 14.5 Å². The lowest BCUT2D eigenvalue weighted by molar-refractivity contribution is -0.124. The second-order valence-electron chi connectivity index (χ2n) is 7.89. The highest BCUT2D eigenvalue weighted by Gasteiger charge is 2.44. The molecule has 0 aromatic heterocycles. The number of hydrogen-bond acceptors (Lipinski definition) is 5. The maximum atomic E-state index is 13.5. The Bertz CT molecular complexity index is 1270. The lowest BCUT2D eigenvalue weighted by atomic mass is 10.1. The van der Waals surface area contributed by atoms with Crippen LogP contribution in [0.3, 0.4) is 0 Å². The average Bonchev–Trinajstić information content (AvgIpc) is 3.08. The lowest BCUT2D eigenvalue weighted by Crippen LogP contribution is -2.37. The van der Waals surface area contributed by atoms with Gasteiger partial charge in [0.05, 0.1) is 24.8 Å². The minimum absolute atomic E-state index is 0.109. The Hall–Kier alpha value is -3.75. The van der Waals surface area contributed by atoms with E-state index >= 15 is 0 Å². The predicted octanol–water partition coefficient (Wildman–Crippen LogP) is 4.66. The van der Waals surface area contributed by atoms with E-state index in [0.717, 1.165) is 5.56 Å². The van der Waals surface area contributed by atoms with Crippen LogP contribution >= 0.6 is 23.8 Å². The van der Waals surface area contributed by atoms with Gasteiger partial charge in [-0.05, 0) is 60.2 Å². The first-order chi connectivity index (χ1) is 16.9. The van der Waals surface area contributed by atoms with E-state index in [0.29, 0.717) is 33.6 Å². The van der Waals surface area contributed by atoms with E-state index in [4.69, 9.17) is 23.8 Å². The van der Waals surface area contributed by atoms with E-state index in [2.05, 4.69) is 10.1 Å². The van der Waals surface area contributed by atoms with Crippen molar-refractivity contribution in [2.45, 2.75) is 19.0 Å². The van der Waals surface area contributed by atoms with E-state index in [-0.39, 0.29) is 18.2 Å². The van der Waals surface area contributed by atoms with Crippen molar-refractivity contribution in [1.82, 2.24) is 4.90 Å². The van der Waals surface area contributed by atoms with Gasteiger partial charge in [-0.2, -0.15) is 0 Å². The monoisotopic (exact) mass is 507 g/mol. The minimum Gasteiger partial charge on any atom is -0.465 e. The van der Waals surface area contributed by atoms with Crippen molar-refractivity contribution in [3.63, 3.8) is 0 Å². The van der Waals surface area contributed by atoms with Gasteiger partial charge in [-0.15, -0.1) is 0 Å². The first kappa shape index (κ1) is 24.4. The van der Waals surface area contributed by atoms with Crippen molar-refractivity contribution in [2.24, 2.45) is 0 Å². The highest BCUT2D eigenvalue weighted by Crippen LogP contribution is 2.30. The third-order valence-electron chi connectivity index (χ3n) is 5.55. The number of anilines is 2. The summed E-state index contributed by atoms with van der Waals surface area (Å²) < 4.78 is 4.69. The summed E-state index contributed by atoms with van der Waals surface area (Å²) in [5, 5.41) is 3.57. The number of amides is 2. The molecule has 1 atom stereocenters. The molecule has 4 rings (SSSR count). The van der Waals surface area contributed by atoms with E-state index in [1.807, 2.05) is 30.3 Å². The Kier molecular flexibility index (Phi) is 7.43. The van der Waals surface area contributed by atoms with Crippen LogP contribution in [-0.4, -0.2) is 40.9 Å². The number of nitrogens with zero attached hydrogens (tertiary/aromatic N) is 2. The van der Waals surface area contributed by atoms with Crippen molar-refractivity contribution in [2.75, 3.05) is 17.3 Å². The van der Waals surface area contributed by atoms with Crippen LogP contribution in [0.1, 0.15) is 22.3 Å². The van der Waals surface area contributed by atoms with Crippen LogP contribution in [0, 0.1) is 0 Å². The third-order valence-corrected chi connectivity index (χ3v) is 6.20. The van der Waals surface area contributed by atoms with Crippen molar-refractivity contribution in [1.29, 1.82) is 0 Å². The highest BCUT2D eigenvalue weighted by molar-refractivity contribution is 7.80. The molecular formula is C26H22ClN3O4S. The van der Waals surface area contributed by atoms with Crippen molar-refractivity contribution in [3.05, 3.63) is 95.0 Å². The maximum Gasteiger partial charge on any atom is 0.337 e. The molecule has 7 nitrogen and oxygen atoms in total. The highest BCUT2D eigenvalue weighted by atomic mass is 35.5. The Balaban J connectivity index is 1.56. The molecule has 3 aromatic rings. The Morgan fingerprint density at radius 3 is 2.40 bits per heavy atom. The zero-order valence-electron chi connectivity index (χ0n) is 18.8. The number of carbonyl (C=O) groups is 3. The second kappa shape index (κ2) is 10.7. The molecule has 0 unspecified atom stereocenters. The first-order valence-electron chi connectivity index (χ1n) is 10.8. The molecule has 0 aliphatic carbocycles. The van der Waals surface area contributed by atoms with Crippen molar-refractivity contribution < 1.29 is 19.1 Å². The van der Waals surface area contributed by atoms with Crippen LogP contribution in [0.2, 0.25) is 5.02 Å². The lowest BCUT2D eigenvalue weighted by Gasteiger charge is -2.24. The molecule has 178 valence electrons. The number of esters is 1. The zero-order valence-corrected chi connectivity index (χ0v) is 20.4. The zero-order chi connectivity index (χ0) is 24.9. The van der Waals surface area contributed by atoms with E-state index in [9.17, 15) is 14.4 Å². The van der Waals surface area contributed by atoms with Crippen molar-refractivity contribution >= 4 is 58.1 Å². The maximum absolute atomic E-state index is 13.5. The Morgan fingerprint density at radius 2 is 1.74 bits per heavy atom. The number of thiocarbonyl (C=S) groups is 1. The SMILES string of the molecule is COC(=O)c1ccc(NC(=O)C[C@H]2C(=O)N(c3cccc(Cl)c3)C(=S)N2Cc2ccccc2)cc1. The van der Waals surface area contributed by atoms with Crippen molar-refractivity contribution in [3.8, 4) is 0 Å². The number of rotatable bonds is 7. The standard InChI is InChI=1S/C26H22ClN3O4S/c1-34-25(33)18-10-12-20(13-11-18)28-23(31)15-22-24(32)30(21-9-5-8-19(27)14-21)26(35)29(22)16-17-6-3-2-4-7-17/h2-14,22H,15-16H2,1H3,(H,28,31)/t22-/m0/s1. The summed E-state index contributed by atoms with van der Waals surface area (Å²) in [7, 11) is 1.30. The van der Waals surface area contributed by atoms with Crippen LogP contribution < -0.4 is 10.2 Å². The Morgan fingerprint density at radius 1 is 1.03 bits per heavy atom. The van der Waals surface area contributed by atoms with Crippen LogP contribution in [0.5, 0.6) is 0 Å². The molecule has 1 fully saturated rings. The summed E-state index contributed by atoms with van der Waals surface area (Å²) in [5.74, 6) is -1.13. The van der Waals surface area contributed by atoms with Gasteiger partial charge >= 0.3 is 5.97 Å². The fourth-order valence-corrected chi connectivity index (χ4v) is 4.41. The molecule has 1 aliphatic heterocycles. The van der Waals surface area contributed by atoms with E-state index in [1.165, 1.54) is 12.0 Å². The van der Waals surface area contributed by atoms with Gasteiger partial charge in [-0.1, -0.05) is 48.0 Å². The summed E-state index contributed by atoms with van der Waals surface area (Å²) in [6.07, 6.45) is -0.109. The molecule has 1 aliphatic rings. The number of halogens is 1. The third kappa shape index (κ3) is 5.50. The van der Waals surface area contributed by atoms with Crippen LogP contribution in [0.25, 0.3) is 0 Å². The van der Waals surface area contributed by atoms with Gasteiger partial charge in [0.2, 0.25) is 5.91 Å². The predicted molar refractivity (Wildman–Crippen MR) is 138 cm³/mol. The van der Waals surface area contributed by atoms with E-state index in [1.54, 1.807) is 53.4 Å². The summed E-state index contributed by atoms with van der Waals surface area (Å²) in [6.45, 7) is 0.369. The van der Waals surface area contributed by atoms with Crippen LogP contribution in [0.4, 0.5) is 11.4 Å². The molecule has 0 bridgehead atoms. The summed E-state index contributed by atoms with van der Waals surface area (Å²) in [5.41, 5.74) is 2.37. The molecule has 0 radical (unpaired) electrons. The van der Waals surface area contributed by atoms with Gasteiger partial charge in [0.15, 0.2) is 5.11 Å². The fourth-order valence-electron chi connectivity index (χ4n) is 3.84. The van der Waals surface area contributed by atoms with Gasteiger partial charge in [0, 0.05) is 17.3 Å². The normalized spacial score (nSPS) is 15.3. The fraction of sp³-hybridized carbons (Fsp3) is 0.154. The van der Waals surface area contributed by atoms with Gasteiger partial charge in [-0.25, -0.2) is 4.79 Å². The summed E-state index contributed by atoms with van der Waals surface area (Å²) >= 11 is 11.8. The minimum atomic E-state index is -0.795. The molecule has 2 amide bonds. The topological polar surface area (TPSA) is 78.9 Å². The Labute approximate surface area is 213 Å². The van der Waals surface area contributed by atoms with Crippen LogP contribution in [-0.2, 0) is 20.9 Å². The number of benzene rings is 3. The van der Waals surface area contributed by atoms with Gasteiger partial charge < -0.3 is 15.0 Å². The summed E-state index contributed by atoms with van der Waals surface area (Å²) in [6, 6.07) is 22.0. The van der Waals surface area contributed by atoms with Gasteiger partial charge in [0.25, 0.3) is 5.91 Å². The number of nitrogens with one attached hydrogen (secondary N) is 1. The van der Waals surface area contributed by atoms with Crippen LogP contribution in [0.15, 0.2) is 78.9 Å². The molecule has 3 aromatic carbocycles. The molecule has 0 saturated carbocycles. The number of ether oxygens (including phenoxy) is 1. The second-order valence-corrected chi connectivity index (χ2v) is 8.69. The summed E-state index contributed by atoms with van der Waals surface area (Å²) in [4.78, 5) is 41.2. The molecule has 0 spiro atoms. The van der Waals surface area contributed by atoms with Gasteiger partial charge in [0.1, 0.15) is 6.04 Å². The molecule has 35 heavy (non-hydrogen) atoms.